The maximum Gasteiger partial charge on any atom is 0.416 e. The lowest BCUT2D eigenvalue weighted by molar-refractivity contribution is -0.137. The van der Waals surface area contributed by atoms with Crippen molar-refractivity contribution in [1.29, 1.82) is 0 Å². The molecule has 0 fully saturated rings. The third kappa shape index (κ3) is 5.55. The van der Waals surface area contributed by atoms with Crippen LogP contribution in [0.5, 0.6) is 0 Å². The van der Waals surface area contributed by atoms with Gasteiger partial charge in [0.25, 0.3) is 0 Å². The van der Waals surface area contributed by atoms with Crippen molar-refractivity contribution in [1.82, 2.24) is 9.78 Å². The molecule has 0 saturated heterocycles. The van der Waals surface area contributed by atoms with Crippen LogP contribution in [-0.2, 0) is 10.9 Å². The molecule has 4 nitrogen and oxygen atoms in total. The number of rotatable bonds is 7. The topological polar surface area (TPSA) is 44.1 Å². The van der Waals surface area contributed by atoms with Gasteiger partial charge in [-0.3, -0.25) is 4.68 Å². The number of aromatic nitrogens is 2. The fraction of sp³-hybridized carbons (Fsp3) is 0.333. The van der Waals surface area contributed by atoms with E-state index < -0.39 is 11.7 Å². The lowest BCUT2D eigenvalue weighted by Crippen LogP contribution is -2.15. The zero-order chi connectivity index (χ0) is 26.9. The lowest BCUT2D eigenvalue weighted by atomic mass is 9.93. The monoisotopic (exact) mass is 508 g/mol. The molecule has 0 bridgehead atoms. The van der Waals surface area contributed by atoms with E-state index in [0.29, 0.717) is 23.7 Å². The van der Waals surface area contributed by atoms with Crippen molar-refractivity contribution in [3.63, 3.8) is 0 Å². The molecule has 0 aliphatic rings. The van der Waals surface area contributed by atoms with Crippen LogP contribution in [0.1, 0.15) is 65.8 Å². The number of hydrogen-bond acceptors (Lipinski definition) is 3. The second-order valence-electron chi connectivity index (χ2n) is 9.83. The Morgan fingerprint density at radius 2 is 1.65 bits per heavy atom. The number of ether oxygens (including phenoxy) is 1. The van der Waals surface area contributed by atoms with Gasteiger partial charge in [0.15, 0.2) is 0 Å². The zero-order valence-electron chi connectivity index (χ0n) is 21.7. The van der Waals surface area contributed by atoms with Crippen molar-refractivity contribution in [3.05, 3.63) is 88.6 Å². The Bertz CT molecular complexity index is 1420. The molecule has 194 valence electrons. The minimum absolute atomic E-state index is 0.0493. The van der Waals surface area contributed by atoms with Gasteiger partial charge in [0.05, 0.1) is 35.5 Å². The Balaban J connectivity index is 1.75. The number of hydrogen-bond donors (Lipinski definition) is 0. The van der Waals surface area contributed by atoms with E-state index >= 15 is 0 Å². The Morgan fingerprint density at radius 3 is 2.24 bits per heavy atom. The highest BCUT2D eigenvalue weighted by molar-refractivity contribution is 5.89. The first-order chi connectivity index (χ1) is 17.5. The number of carbonyl (C=O) groups excluding carboxylic acids is 1. The fourth-order valence-corrected chi connectivity index (χ4v) is 4.76. The van der Waals surface area contributed by atoms with Gasteiger partial charge in [0, 0.05) is 5.39 Å². The fourth-order valence-electron chi connectivity index (χ4n) is 4.76. The van der Waals surface area contributed by atoms with Gasteiger partial charge in [0.1, 0.15) is 0 Å². The van der Waals surface area contributed by atoms with E-state index in [2.05, 4.69) is 19.9 Å². The standard InChI is InChI=1S/C30H31F3N2O2/c1-6-37-29(36)22-9-7-21(8-10-22)27(13-18(2)3)35-28-15-20(5)26(16-23(28)17-34-35)25-12-11-24(14-19(25)4)30(31,32)33/h7-12,14-18,27H,6,13H2,1-5H3/t27-/m0/s1. The SMILES string of the molecule is CCOC(=O)c1ccc([C@H](CC(C)C)n2ncc3cc(-c4ccc(C(F)(F)F)cc4C)c(C)cc32)cc1. The van der Waals surface area contributed by atoms with E-state index in [9.17, 15) is 18.0 Å². The number of aryl methyl sites for hydroxylation is 2. The average molecular weight is 509 g/mol. The van der Waals surface area contributed by atoms with Crippen LogP contribution >= 0.6 is 0 Å². The summed E-state index contributed by atoms with van der Waals surface area (Å²) in [6, 6.07) is 15.3. The highest BCUT2D eigenvalue weighted by atomic mass is 19.4. The van der Waals surface area contributed by atoms with Crippen molar-refractivity contribution in [2.45, 2.75) is 53.3 Å². The molecule has 0 aliphatic heterocycles. The predicted octanol–water partition coefficient (Wildman–Crippen LogP) is 8.15. The highest BCUT2D eigenvalue weighted by Gasteiger charge is 2.31. The van der Waals surface area contributed by atoms with Gasteiger partial charge in [-0.25, -0.2) is 4.79 Å². The summed E-state index contributed by atoms with van der Waals surface area (Å²) < 4.78 is 46.6. The largest absolute Gasteiger partial charge is 0.462 e. The van der Waals surface area contributed by atoms with Crippen molar-refractivity contribution < 1.29 is 22.7 Å². The summed E-state index contributed by atoms with van der Waals surface area (Å²) in [5.74, 6) is 0.0462. The Kier molecular flexibility index (Phi) is 7.44. The predicted molar refractivity (Wildman–Crippen MR) is 140 cm³/mol. The molecule has 7 heteroatoms. The zero-order valence-corrected chi connectivity index (χ0v) is 21.7. The molecule has 37 heavy (non-hydrogen) atoms. The van der Waals surface area contributed by atoms with Crippen molar-refractivity contribution in [2.24, 2.45) is 5.92 Å². The number of alkyl halides is 3. The highest BCUT2D eigenvalue weighted by Crippen LogP contribution is 2.37. The van der Waals surface area contributed by atoms with Crippen LogP contribution in [0, 0.1) is 19.8 Å². The third-order valence-corrected chi connectivity index (χ3v) is 6.58. The van der Waals surface area contributed by atoms with Crippen molar-refractivity contribution >= 4 is 16.9 Å². The van der Waals surface area contributed by atoms with Crippen LogP contribution in [-0.4, -0.2) is 22.4 Å². The maximum atomic E-state index is 13.2. The van der Waals surface area contributed by atoms with E-state index in [0.717, 1.165) is 45.6 Å². The summed E-state index contributed by atoms with van der Waals surface area (Å²) in [6.07, 6.45) is -1.73. The van der Waals surface area contributed by atoms with Crippen molar-refractivity contribution in [3.8, 4) is 11.1 Å². The smallest absolute Gasteiger partial charge is 0.416 e. The molecule has 0 unspecified atom stereocenters. The summed E-state index contributed by atoms with van der Waals surface area (Å²) in [4.78, 5) is 12.1. The van der Waals surface area contributed by atoms with E-state index in [-0.39, 0.29) is 12.0 Å². The number of carbonyl (C=O) groups is 1. The molecule has 3 aromatic carbocycles. The summed E-state index contributed by atoms with van der Waals surface area (Å²) in [5.41, 5.74) is 5.03. The second kappa shape index (κ2) is 10.4. The summed E-state index contributed by atoms with van der Waals surface area (Å²) in [5, 5.41) is 5.65. The van der Waals surface area contributed by atoms with E-state index in [1.807, 2.05) is 29.8 Å². The van der Waals surface area contributed by atoms with Crippen LogP contribution in [0.2, 0.25) is 0 Å². The van der Waals surface area contributed by atoms with E-state index in [1.54, 1.807) is 38.2 Å². The summed E-state index contributed by atoms with van der Waals surface area (Å²) >= 11 is 0. The first-order valence-corrected chi connectivity index (χ1v) is 12.4. The molecule has 0 N–H and O–H groups in total. The van der Waals surface area contributed by atoms with Crippen molar-refractivity contribution in [2.75, 3.05) is 6.61 Å². The van der Waals surface area contributed by atoms with Crippen LogP contribution < -0.4 is 0 Å². The second-order valence-corrected chi connectivity index (χ2v) is 9.83. The lowest BCUT2D eigenvalue weighted by Gasteiger charge is -2.22. The summed E-state index contributed by atoms with van der Waals surface area (Å²) in [6.45, 7) is 10.1. The quantitative estimate of drug-likeness (QED) is 0.237. The molecular weight excluding hydrogens is 477 g/mol. The number of benzene rings is 3. The normalized spacial score (nSPS) is 12.8. The summed E-state index contributed by atoms with van der Waals surface area (Å²) in [7, 11) is 0. The molecule has 0 radical (unpaired) electrons. The van der Waals surface area contributed by atoms with E-state index in [1.165, 1.54) is 6.07 Å². The molecule has 1 heterocycles. The molecular formula is C30H31F3N2O2. The first-order valence-electron chi connectivity index (χ1n) is 12.4. The van der Waals surface area contributed by atoms with Gasteiger partial charge in [-0.1, -0.05) is 32.0 Å². The molecule has 0 aliphatic carbocycles. The van der Waals surface area contributed by atoms with Gasteiger partial charge in [-0.15, -0.1) is 0 Å². The molecule has 1 aromatic heterocycles. The number of fused-ring (bicyclic) bond motifs is 1. The average Bonchev–Trinajstić information content (AvgIpc) is 3.24. The number of nitrogens with zero attached hydrogens (tertiary/aromatic N) is 2. The molecule has 0 spiro atoms. The Labute approximate surface area is 215 Å². The van der Waals surface area contributed by atoms with Gasteiger partial charge in [-0.2, -0.15) is 18.3 Å². The first kappa shape index (κ1) is 26.5. The molecule has 4 aromatic rings. The van der Waals surface area contributed by atoms with Crippen LogP contribution in [0.15, 0.2) is 60.8 Å². The van der Waals surface area contributed by atoms with E-state index in [4.69, 9.17) is 9.84 Å². The van der Waals surface area contributed by atoms with Gasteiger partial charge >= 0.3 is 12.1 Å². The Hall–Kier alpha value is -3.61. The number of esters is 1. The van der Waals surface area contributed by atoms with Gasteiger partial charge in [-0.05, 0) is 97.3 Å². The maximum absolute atomic E-state index is 13.2. The molecule has 0 amide bonds. The molecule has 0 saturated carbocycles. The third-order valence-electron chi connectivity index (χ3n) is 6.58. The van der Waals surface area contributed by atoms with Gasteiger partial charge < -0.3 is 4.74 Å². The van der Waals surface area contributed by atoms with Crippen LogP contribution in [0.4, 0.5) is 13.2 Å². The Morgan fingerprint density at radius 1 is 0.973 bits per heavy atom. The molecule has 4 rings (SSSR count). The minimum Gasteiger partial charge on any atom is -0.462 e. The van der Waals surface area contributed by atoms with Crippen LogP contribution in [0.3, 0.4) is 0 Å². The molecule has 1 atom stereocenters. The van der Waals surface area contributed by atoms with Crippen LogP contribution in [0.25, 0.3) is 22.0 Å². The minimum atomic E-state index is -4.37. The van der Waals surface area contributed by atoms with Gasteiger partial charge in [0.2, 0.25) is 0 Å². The number of halogens is 3.